The van der Waals surface area contributed by atoms with Gasteiger partial charge < -0.3 is 20.7 Å². The number of amides is 2. The zero-order valence-corrected chi connectivity index (χ0v) is 14.5. The average molecular weight is 355 g/mol. The van der Waals surface area contributed by atoms with Crippen molar-refractivity contribution >= 4 is 29.0 Å². The van der Waals surface area contributed by atoms with Gasteiger partial charge in [-0.05, 0) is 37.1 Å². The first-order valence-electron chi connectivity index (χ1n) is 8.47. The Hall–Kier alpha value is -3.00. The van der Waals surface area contributed by atoms with Gasteiger partial charge in [-0.2, -0.15) is 0 Å². The first-order chi connectivity index (χ1) is 12.6. The molecule has 0 bridgehead atoms. The highest BCUT2D eigenvalue weighted by molar-refractivity contribution is 5.92. The average Bonchev–Trinajstić information content (AvgIpc) is 3.15. The summed E-state index contributed by atoms with van der Waals surface area (Å²) in [6.45, 7) is 2.70. The maximum Gasteiger partial charge on any atom is 0.271 e. The minimum absolute atomic E-state index is 0.0910. The predicted octanol–water partition coefficient (Wildman–Crippen LogP) is 2.09. The normalized spacial score (nSPS) is 16.1. The minimum atomic E-state index is -0.265. The van der Waals surface area contributed by atoms with E-state index < -0.39 is 0 Å². The highest BCUT2D eigenvalue weighted by Gasteiger charge is 2.17. The summed E-state index contributed by atoms with van der Waals surface area (Å²) in [5.41, 5.74) is 1.77. The number of rotatable bonds is 6. The number of carbonyl (C=O) groups excluding carboxylic acids is 2. The van der Waals surface area contributed by atoms with Gasteiger partial charge in [0, 0.05) is 31.5 Å². The molecule has 8 nitrogen and oxygen atoms in total. The molecule has 2 heterocycles. The van der Waals surface area contributed by atoms with E-state index in [1.807, 2.05) is 12.1 Å². The van der Waals surface area contributed by atoms with Crippen LogP contribution in [0.15, 0.2) is 36.7 Å². The molecule has 2 amide bonds. The highest BCUT2D eigenvalue weighted by atomic mass is 16.5. The summed E-state index contributed by atoms with van der Waals surface area (Å²) in [7, 11) is 0. The van der Waals surface area contributed by atoms with E-state index in [0.29, 0.717) is 18.1 Å². The molecule has 1 aliphatic heterocycles. The molecule has 0 aliphatic carbocycles. The fourth-order valence-electron chi connectivity index (χ4n) is 2.60. The fourth-order valence-corrected chi connectivity index (χ4v) is 2.60. The van der Waals surface area contributed by atoms with Gasteiger partial charge in [-0.25, -0.2) is 9.97 Å². The van der Waals surface area contributed by atoms with Crippen molar-refractivity contribution in [2.24, 2.45) is 0 Å². The maximum absolute atomic E-state index is 12.1. The number of hydrogen-bond donors (Lipinski definition) is 3. The van der Waals surface area contributed by atoms with Crippen molar-refractivity contribution in [3.63, 3.8) is 0 Å². The van der Waals surface area contributed by atoms with Gasteiger partial charge in [0.15, 0.2) is 0 Å². The van der Waals surface area contributed by atoms with Crippen LogP contribution in [0.4, 0.5) is 17.2 Å². The standard InChI is InChI=1S/C18H21N5O3/c1-12(24)22-13-4-6-14(7-5-13)23-17-11-19-16(10-20-17)18(25)21-9-15-3-2-8-26-15/h4-7,10-11,15H,2-3,8-9H2,1H3,(H,20,23)(H,21,25)(H,22,24). The van der Waals surface area contributed by atoms with Crippen molar-refractivity contribution in [1.82, 2.24) is 15.3 Å². The number of nitrogens with zero attached hydrogens (tertiary/aromatic N) is 2. The van der Waals surface area contributed by atoms with Crippen LogP contribution in [0, 0.1) is 0 Å². The van der Waals surface area contributed by atoms with Crippen molar-refractivity contribution in [1.29, 1.82) is 0 Å². The minimum Gasteiger partial charge on any atom is -0.376 e. The molecule has 8 heteroatoms. The molecular weight excluding hydrogens is 334 g/mol. The molecule has 0 spiro atoms. The summed E-state index contributed by atoms with van der Waals surface area (Å²) in [6, 6.07) is 7.19. The molecule has 1 aromatic carbocycles. The van der Waals surface area contributed by atoms with E-state index in [9.17, 15) is 9.59 Å². The molecule has 1 fully saturated rings. The topological polar surface area (TPSA) is 105 Å². The molecule has 1 aliphatic rings. The first-order valence-corrected chi connectivity index (χ1v) is 8.47. The van der Waals surface area contributed by atoms with Gasteiger partial charge in [0.05, 0.1) is 18.5 Å². The third kappa shape index (κ3) is 5.00. The van der Waals surface area contributed by atoms with Crippen molar-refractivity contribution in [3.8, 4) is 0 Å². The van der Waals surface area contributed by atoms with E-state index in [0.717, 1.165) is 25.1 Å². The third-order valence-electron chi connectivity index (χ3n) is 3.88. The third-order valence-corrected chi connectivity index (χ3v) is 3.88. The molecule has 1 saturated heterocycles. The maximum atomic E-state index is 12.1. The van der Waals surface area contributed by atoms with Crippen molar-refractivity contribution in [3.05, 3.63) is 42.4 Å². The van der Waals surface area contributed by atoms with E-state index in [2.05, 4.69) is 25.9 Å². The zero-order chi connectivity index (χ0) is 18.4. The van der Waals surface area contributed by atoms with E-state index in [1.54, 1.807) is 12.1 Å². The lowest BCUT2D eigenvalue weighted by Gasteiger charge is -2.10. The van der Waals surface area contributed by atoms with E-state index in [4.69, 9.17) is 4.74 Å². The molecule has 136 valence electrons. The monoisotopic (exact) mass is 355 g/mol. The summed E-state index contributed by atoms with van der Waals surface area (Å²) >= 11 is 0. The summed E-state index contributed by atoms with van der Waals surface area (Å²) in [5.74, 6) is 0.136. The van der Waals surface area contributed by atoms with E-state index >= 15 is 0 Å². The van der Waals surface area contributed by atoms with E-state index in [-0.39, 0.29) is 23.6 Å². The Balaban J connectivity index is 1.53. The van der Waals surface area contributed by atoms with Crippen LogP contribution < -0.4 is 16.0 Å². The van der Waals surface area contributed by atoms with Crippen LogP contribution in [0.25, 0.3) is 0 Å². The van der Waals surface area contributed by atoms with Crippen LogP contribution in [0.2, 0.25) is 0 Å². The van der Waals surface area contributed by atoms with E-state index in [1.165, 1.54) is 19.3 Å². The Kier molecular flexibility index (Phi) is 5.75. The van der Waals surface area contributed by atoms with Gasteiger partial charge in [-0.1, -0.05) is 0 Å². The number of aromatic nitrogens is 2. The van der Waals surface area contributed by atoms with Gasteiger partial charge >= 0.3 is 0 Å². The van der Waals surface area contributed by atoms with Gasteiger partial charge in [0.1, 0.15) is 11.5 Å². The molecule has 1 atom stereocenters. The number of anilines is 3. The smallest absolute Gasteiger partial charge is 0.271 e. The molecule has 0 saturated carbocycles. The van der Waals surface area contributed by atoms with Crippen LogP contribution >= 0.6 is 0 Å². The predicted molar refractivity (Wildman–Crippen MR) is 97.4 cm³/mol. The number of hydrogen-bond acceptors (Lipinski definition) is 6. The van der Waals surface area contributed by atoms with Gasteiger partial charge in [-0.3, -0.25) is 9.59 Å². The van der Waals surface area contributed by atoms with Gasteiger partial charge in [0.25, 0.3) is 5.91 Å². The molecule has 1 aromatic heterocycles. The second-order valence-electron chi connectivity index (χ2n) is 6.02. The molecule has 3 rings (SSSR count). The highest BCUT2D eigenvalue weighted by Crippen LogP contribution is 2.17. The quantitative estimate of drug-likeness (QED) is 0.733. The fraction of sp³-hybridized carbons (Fsp3) is 0.333. The summed E-state index contributed by atoms with van der Waals surface area (Å²) in [4.78, 5) is 31.4. The molecule has 3 N–H and O–H groups in total. The Morgan fingerprint density at radius 1 is 1.15 bits per heavy atom. The first kappa shape index (κ1) is 17.8. The number of ether oxygens (including phenoxy) is 1. The second-order valence-corrected chi connectivity index (χ2v) is 6.02. The van der Waals surface area contributed by atoms with Crippen LogP contribution in [0.3, 0.4) is 0 Å². The van der Waals surface area contributed by atoms with Crippen LogP contribution in [0.1, 0.15) is 30.3 Å². The summed E-state index contributed by atoms with van der Waals surface area (Å²) in [6.07, 6.45) is 5.03. The number of carbonyl (C=O) groups is 2. The Bertz CT molecular complexity index is 755. The molecule has 2 aromatic rings. The molecule has 26 heavy (non-hydrogen) atoms. The van der Waals surface area contributed by atoms with Gasteiger partial charge in [0.2, 0.25) is 5.91 Å². The van der Waals surface area contributed by atoms with Gasteiger partial charge in [-0.15, -0.1) is 0 Å². The van der Waals surface area contributed by atoms with Crippen molar-refractivity contribution in [2.45, 2.75) is 25.9 Å². The largest absolute Gasteiger partial charge is 0.376 e. The summed E-state index contributed by atoms with van der Waals surface area (Å²) in [5, 5.41) is 8.60. The van der Waals surface area contributed by atoms with Crippen LogP contribution in [-0.4, -0.2) is 41.0 Å². The zero-order valence-electron chi connectivity index (χ0n) is 14.5. The lowest BCUT2D eigenvalue weighted by atomic mass is 10.2. The number of nitrogens with one attached hydrogen (secondary N) is 3. The lowest BCUT2D eigenvalue weighted by Crippen LogP contribution is -2.32. The Morgan fingerprint density at radius 3 is 2.54 bits per heavy atom. The second kappa shape index (κ2) is 8.39. The van der Waals surface area contributed by atoms with Crippen molar-refractivity contribution in [2.75, 3.05) is 23.8 Å². The Labute approximate surface area is 151 Å². The van der Waals surface area contributed by atoms with Crippen LogP contribution in [-0.2, 0) is 9.53 Å². The molecular formula is C18H21N5O3. The summed E-state index contributed by atoms with van der Waals surface area (Å²) < 4.78 is 5.47. The number of benzene rings is 1. The molecule has 0 radical (unpaired) electrons. The van der Waals surface area contributed by atoms with Crippen LogP contribution in [0.5, 0.6) is 0 Å². The SMILES string of the molecule is CC(=O)Nc1ccc(Nc2cnc(C(=O)NCC3CCCO3)cn2)cc1. The lowest BCUT2D eigenvalue weighted by molar-refractivity contribution is -0.114. The Morgan fingerprint density at radius 2 is 1.92 bits per heavy atom. The van der Waals surface area contributed by atoms with Crippen molar-refractivity contribution < 1.29 is 14.3 Å². The molecule has 1 unspecified atom stereocenters.